The van der Waals surface area contributed by atoms with Crippen LogP contribution >= 0.6 is 0 Å². The summed E-state index contributed by atoms with van der Waals surface area (Å²) < 4.78 is 1.43. The van der Waals surface area contributed by atoms with Crippen molar-refractivity contribution in [2.24, 2.45) is 0 Å². The SMILES string of the molecule is O=C(NCCn1nc2c(cc1=O)CCCC2)c1cnc[nH]1. The van der Waals surface area contributed by atoms with E-state index in [4.69, 9.17) is 0 Å². The van der Waals surface area contributed by atoms with Gasteiger partial charge in [0.15, 0.2) is 0 Å². The van der Waals surface area contributed by atoms with Crippen LogP contribution in [0.2, 0.25) is 0 Å². The normalized spacial score (nSPS) is 13.7. The highest BCUT2D eigenvalue weighted by Crippen LogP contribution is 2.16. The molecule has 0 radical (unpaired) electrons. The summed E-state index contributed by atoms with van der Waals surface area (Å²) >= 11 is 0. The van der Waals surface area contributed by atoms with Gasteiger partial charge in [0.25, 0.3) is 11.5 Å². The molecule has 0 saturated carbocycles. The van der Waals surface area contributed by atoms with Gasteiger partial charge in [0.2, 0.25) is 0 Å². The zero-order valence-electron chi connectivity index (χ0n) is 11.6. The summed E-state index contributed by atoms with van der Waals surface area (Å²) in [5.74, 6) is -0.237. The lowest BCUT2D eigenvalue weighted by molar-refractivity contribution is 0.0947. The zero-order chi connectivity index (χ0) is 14.7. The van der Waals surface area contributed by atoms with Crippen molar-refractivity contribution in [1.82, 2.24) is 25.1 Å². The monoisotopic (exact) mass is 287 g/mol. The van der Waals surface area contributed by atoms with E-state index >= 15 is 0 Å². The van der Waals surface area contributed by atoms with Crippen molar-refractivity contribution in [1.29, 1.82) is 0 Å². The lowest BCUT2D eigenvalue weighted by Crippen LogP contribution is -2.33. The number of aryl methyl sites for hydroxylation is 2. The lowest BCUT2D eigenvalue weighted by atomic mass is 9.97. The largest absolute Gasteiger partial charge is 0.349 e. The number of aromatic amines is 1. The highest BCUT2D eigenvalue weighted by Gasteiger charge is 2.13. The third kappa shape index (κ3) is 3.01. The number of hydrogen-bond donors (Lipinski definition) is 2. The molecule has 21 heavy (non-hydrogen) atoms. The van der Waals surface area contributed by atoms with Gasteiger partial charge in [0.05, 0.1) is 24.8 Å². The van der Waals surface area contributed by atoms with E-state index in [0.29, 0.717) is 18.8 Å². The number of rotatable bonds is 4. The third-order valence-corrected chi connectivity index (χ3v) is 3.63. The Kier molecular flexibility index (Phi) is 3.81. The summed E-state index contributed by atoms with van der Waals surface area (Å²) in [6, 6.07) is 1.68. The van der Waals surface area contributed by atoms with Crippen LogP contribution in [0, 0.1) is 0 Å². The summed E-state index contributed by atoms with van der Waals surface area (Å²) in [6.45, 7) is 0.718. The molecule has 2 heterocycles. The second-order valence-electron chi connectivity index (χ2n) is 5.11. The van der Waals surface area contributed by atoms with Gasteiger partial charge in [0, 0.05) is 12.6 Å². The maximum absolute atomic E-state index is 12.0. The van der Waals surface area contributed by atoms with Crippen LogP contribution in [0.5, 0.6) is 0 Å². The standard InChI is InChI=1S/C14H17N5O2/c20-13-7-10-3-1-2-4-11(10)18-19(13)6-5-16-14(21)12-8-15-9-17-12/h7-9H,1-6H2,(H,15,17)(H,16,21). The number of imidazole rings is 1. The van der Waals surface area contributed by atoms with Crippen LogP contribution in [0.4, 0.5) is 0 Å². The molecule has 7 heteroatoms. The minimum atomic E-state index is -0.237. The molecule has 2 N–H and O–H groups in total. The molecule has 2 aromatic rings. The molecule has 1 aliphatic carbocycles. The molecule has 0 atom stereocenters. The van der Waals surface area contributed by atoms with Crippen molar-refractivity contribution in [2.45, 2.75) is 32.2 Å². The molecule has 0 aliphatic heterocycles. The molecule has 2 aromatic heterocycles. The molecule has 0 bridgehead atoms. The molecule has 0 aromatic carbocycles. The maximum atomic E-state index is 12.0. The summed E-state index contributed by atoms with van der Waals surface area (Å²) in [5.41, 5.74) is 2.39. The maximum Gasteiger partial charge on any atom is 0.269 e. The average molecular weight is 287 g/mol. The van der Waals surface area contributed by atoms with E-state index < -0.39 is 0 Å². The molecule has 0 spiro atoms. The quantitative estimate of drug-likeness (QED) is 0.844. The molecule has 0 unspecified atom stereocenters. The van der Waals surface area contributed by atoms with E-state index in [1.807, 2.05) is 0 Å². The van der Waals surface area contributed by atoms with Gasteiger partial charge in [-0.3, -0.25) is 9.59 Å². The average Bonchev–Trinajstić information content (AvgIpc) is 3.02. The van der Waals surface area contributed by atoms with Gasteiger partial charge in [-0.05, 0) is 31.2 Å². The number of hydrogen-bond acceptors (Lipinski definition) is 4. The second kappa shape index (κ2) is 5.90. The molecule has 3 rings (SSSR count). The van der Waals surface area contributed by atoms with Crippen LogP contribution in [0.25, 0.3) is 0 Å². The number of nitrogens with zero attached hydrogens (tertiary/aromatic N) is 3. The topological polar surface area (TPSA) is 92.7 Å². The Balaban J connectivity index is 1.63. The van der Waals surface area contributed by atoms with Crippen molar-refractivity contribution < 1.29 is 4.79 Å². The number of carbonyl (C=O) groups is 1. The van der Waals surface area contributed by atoms with Gasteiger partial charge in [-0.25, -0.2) is 9.67 Å². The van der Waals surface area contributed by atoms with E-state index in [-0.39, 0.29) is 11.5 Å². The van der Waals surface area contributed by atoms with Crippen molar-refractivity contribution in [3.05, 3.63) is 45.9 Å². The van der Waals surface area contributed by atoms with Crippen LogP contribution in [-0.4, -0.2) is 32.2 Å². The number of aromatic nitrogens is 4. The van der Waals surface area contributed by atoms with E-state index in [9.17, 15) is 9.59 Å². The summed E-state index contributed by atoms with van der Waals surface area (Å²) in [4.78, 5) is 30.2. The molecule has 110 valence electrons. The molecule has 7 nitrogen and oxygen atoms in total. The molecule has 1 amide bonds. The Labute approximate surface area is 121 Å². The second-order valence-corrected chi connectivity index (χ2v) is 5.11. The minimum absolute atomic E-state index is 0.105. The fraction of sp³-hybridized carbons (Fsp3) is 0.429. The first kappa shape index (κ1) is 13.5. The smallest absolute Gasteiger partial charge is 0.269 e. The first-order chi connectivity index (χ1) is 10.2. The fourth-order valence-corrected chi connectivity index (χ4v) is 2.51. The predicted octanol–water partition coefficient (Wildman–Crippen LogP) is 0.275. The molecular weight excluding hydrogens is 270 g/mol. The Bertz CT molecular complexity index is 690. The first-order valence-corrected chi connectivity index (χ1v) is 7.10. The number of fused-ring (bicyclic) bond motifs is 1. The van der Waals surface area contributed by atoms with Crippen molar-refractivity contribution in [2.75, 3.05) is 6.54 Å². The minimum Gasteiger partial charge on any atom is -0.349 e. The molecular formula is C14H17N5O2. The van der Waals surface area contributed by atoms with E-state index in [1.54, 1.807) is 6.07 Å². The van der Waals surface area contributed by atoms with Crippen LogP contribution in [-0.2, 0) is 19.4 Å². The van der Waals surface area contributed by atoms with Crippen molar-refractivity contribution >= 4 is 5.91 Å². The predicted molar refractivity (Wildman–Crippen MR) is 76.1 cm³/mol. The number of carbonyl (C=O) groups excluding carboxylic acids is 1. The van der Waals surface area contributed by atoms with E-state index in [2.05, 4.69) is 20.4 Å². The molecule has 1 aliphatic rings. The Morgan fingerprint density at radius 2 is 2.24 bits per heavy atom. The highest BCUT2D eigenvalue weighted by molar-refractivity contribution is 5.91. The van der Waals surface area contributed by atoms with Crippen molar-refractivity contribution in [3.63, 3.8) is 0 Å². The number of nitrogens with one attached hydrogen (secondary N) is 2. The third-order valence-electron chi connectivity index (χ3n) is 3.63. The Hall–Kier alpha value is -2.44. The fourth-order valence-electron chi connectivity index (χ4n) is 2.51. The van der Waals surface area contributed by atoms with Crippen LogP contribution in [0.15, 0.2) is 23.4 Å². The first-order valence-electron chi connectivity index (χ1n) is 7.10. The molecule has 0 saturated heterocycles. The summed E-state index contributed by atoms with van der Waals surface area (Å²) in [5, 5.41) is 7.14. The van der Waals surface area contributed by atoms with Crippen molar-refractivity contribution in [3.8, 4) is 0 Å². The van der Waals surface area contributed by atoms with Gasteiger partial charge < -0.3 is 10.3 Å². The summed E-state index contributed by atoms with van der Waals surface area (Å²) in [7, 11) is 0. The van der Waals surface area contributed by atoms with Gasteiger partial charge in [-0.2, -0.15) is 5.10 Å². The Morgan fingerprint density at radius 3 is 3.05 bits per heavy atom. The molecule has 0 fully saturated rings. The van der Waals surface area contributed by atoms with Gasteiger partial charge in [-0.1, -0.05) is 0 Å². The highest BCUT2D eigenvalue weighted by atomic mass is 16.2. The van der Waals surface area contributed by atoms with Gasteiger partial charge in [0.1, 0.15) is 5.69 Å². The number of H-pyrrole nitrogens is 1. The lowest BCUT2D eigenvalue weighted by Gasteiger charge is -2.15. The van der Waals surface area contributed by atoms with Crippen LogP contribution in [0.1, 0.15) is 34.6 Å². The van der Waals surface area contributed by atoms with Gasteiger partial charge in [-0.15, -0.1) is 0 Å². The van der Waals surface area contributed by atoms with Gasteiger partial charge >= 0.3 is 0 Å². The number of amides is 1. The zero-order valence-corrected chi connectivity index (χ0v) is 11.6. The Morgan fingerprint density at radius 1 is 1.38 bits per heavy atom. The van der Waals surface area contributed by atoms with E-state index in [1.165, 1.54) is 17.2 Å². The van der Waals surface area contributed by atoms with Crippen LogP contribution < -0.4 is 10.9 Å². The summed E-state index contributed by atoms with van der Waals surface area (Å²) in [6.07, 6.45) is 7.02. The van der Waals surface area contributed by atoms with Crippen LogP contribution in [0.3, 0.4) is 0 Å². The van der Waals surface area contributed by atoms with E-state index in [0.717, 1.165) is 36.9 Å².